The second-order valence-electron chi connectivity index (χ2n) is 6.77. The summed E-state index contributed by atoms with van der Waals surface area (Å²) in [5.74, 6) is 0.288. The standard InChI is InChI=1S/C21H20N6O2/c1-12(13-4-3-5-15(8-13)20(28)23-2)27-11-24-18-9-14(6-7-16(18)21(27)29)17-10-25-26-19(17)22/h3-12H,1-2H3,(H,23,28)(H3,22,25,26)/t12-/m1/s1. The van der Waals surface area contributed by atoms with Crippen LogP contribution in [0.2, 0.25) is 0 Å². The molecule has 0 fully saturated rings. The SMILES string of the molecule is CNC(=O)c1cccc([C@@H](C)n2cnc3cc(-c4cn[nH]c4N)ccc3c2=O)c1. The fourth-order valence-electron chi connectivity index (χ4n) is 3.35. The summed E-state index contributed by atoms with van der Waals surface area (Å²) in [5.41, 5.74) is 9.29. The molecule has 0 bridgehead atoms. The maximum absolute atomic E-state index is 13.1. The van der Waals surface area contributed by atoms with E-state index >= 15 is 0 Å². The molecule has 29 heavy (non-hydrogen) atoms. The molecule has 0 aliphatic carbocycles. The second-order valence-corrected chi connectivity index (χ2v) is 6.77. The van der Waals surface area contributed by atoms with Gasteiger partial charge >= 0.3 is 0 Å². The van der Waals surface area contributed by atoms with Crippen LogP contribution < -0.4 is 16.6 Å². The Morgan fingerprint density at radius 3 is 2.79 bits per heavy atom. The number of hydrogen-bond acceptors (Lipinski definition) is 5. The van der Waals surface area contributed by atoms with E-state index in [1.807, 2.05) is 25.1 Å². The van der Waals surface area contributed by atoms with Gasteiger partial charge in [-0.2, -0.15) is 5.10 Å². The Hall–Kier alpha value is -3.94. The lowest BCUT2D eigenvalue weighted by atomic mass is 10.0. The van der Waals surface area contributed by atoms with Gasteiger partial charge in [0.05, 0.1) is 29.5 Å². The Morgan fingerprint density at radius 2 is 2.07 bits per heavy atom. The molecule has 4 rings (SSSR count). The zero-order valence-corrected chi connectivity index (χ0v) is 16.0. The van der Waals surface area contributed by atoms with Crippen LogP contribution in [0.25, 0.3) is 22.0 Å². The van der Waals surface area contributed by atoms with Gasteiger partial charge in [-0.15, -0.1) is 0 Å². The first kappa shape index (κ1) is 18.4. The molecular formula is C21H20N6O2. The summed E-state index contributed by atoms with van der Waals surface area (Å²) in [6.07, 6.45) is 3.17. The van der Waals surface area contributed by atoms with Gasteiger partial charge in [0.1, 0.15) is 5.82 Å². The van der Waals surface area contributed by atoms with E-state index in [2.05, 4.69) is 20.5 Å². The van der Waals surface area contributed by atoms with E-state index in [9.17, 15) is 9.59 Å². The molecule has 8 heteroatoms. The molecule has 0 unspecified atom stereocenters. The van der Waals surface area contributed by atoms with E-state index < -0.39 is 0 Å². The maximum Gasteiger partial charge on any atom is 0.261 e. The first-order valence-corrected chi connectivity index (χ1v) is 9.11. The van der Waals surface area contributed by atoms with Gasteiger partial charge in [0, 0.05) is 18.2 Å². The average Bonchev–Trinajstić information content (AvgIpc) is 3.18. The molecule has 0 saturated carbocycles. The van der Waals surface area contributed by atoms with Crippen molar-refractivity contribution in [2.45, 2.75) is 13.0 Å². The Bertz CT molecular complexity index is 1270. The van der Waals surface area contributed by atoms with Crippen LogP contribution in [0, 0.1) is 0 Å². The smallest absolute Gasteiger partial charge is 0.261 e. The van der Waals surface area contributed by atoms with Crippen LogP contribution in [0.15, 0.2) is 59.8 Å². The summed E-state index contributed by atoms with van der Waals surface area (Å²) in [6, 6.07) is 12.3. The van der Waals surface area contributed by atoms with Crippen molar-refractivity contribution in [2.24, 2.45) is 0 Å². The highest BCUT2D eigenvalue weighted by Gasteiger charge is 2.15. The van der Waals surface area contributed by atoms with Crippen molar-refractivity contribution in [3.63, 3.8) is 0 Å². The lowest BCUT2D eigenvalue weighted by Gasteiger charge is -2.16. The Morgan fingerprint density at radius 1 is 1.24 bits per heavy atom. The van der Waals surface area contributed by atoms with Gasteiger partial charge in [0.25, 0.3) is 11.5 Å². The Balaban J connectivity index is 1.75. The number of nitrogens with one attached hydrogen (secondary N) is 2. The monoisotopic (exact) mass is 388 g/mol. The molecule has 4 aromatic rings. The molecule has 1 amide bonds. The Labute approximate surface area is 166 Å². The summed E-state index contributed by atoms with van der Waals surface area (Å²) < 4.78 is 1.57. The van der Waals surface area contributed by atoms with Crippen LogP contribution in [-0.4, -0.2) is 32.7 Å². The highest BCUT2D eigenvalue weighted by atomic mass is 16.1. The van der Waals surface area contributed by atoms with Gasteiger partial charge in [-0.05, 0) is 42.3 Å². The van der Waals surface area contributed by atoms with E-state index in [1.54, 1.807) is 42.1 Å². The molecule has 0 spiro atoms. The number of benzene rings is 2. The van der Waals surface area contributed by atoms with Crippen LogP contribution in [0.1, 0.15) is 28.9 Å². The molecule has 146 valence electrons. The maximum atomic E-state index is 13.1. The second kappa shape index (κ2) is 7.23. The first-order chi connectivity index (χ1) is 14.0. The third-order valence-corrected chi connectivity index (χ3v) is 5.04. The quantitative estimate of drug-likeness (QED) is 0.496. The molecule has 4 N–H and O–H groups in total. The van der Waals surface area contributed by atoms with Crippen LogP contribution in [-0.2, 0) is 0 Å². The van der Waals surface area contributed by atoms with Crippen LogP contribution in [0.4, 0.5) is 5.82 Å². The molecule has 0 aliphatic rings. The highest BCUT2D eigenvalue weighted by Crippen LogP contribution is 2.26. The number of nitrogens with two attached hydrogens (primary N) is 1. The summed E-state index contributed by atoms with van der Waals surface area (Å²) in [6.45, 7) is 1.90. The molecule has 8 nitrogen and oxygen atoms in total. The average molecular weight is 388 g/mol. The summed E-state index contributed by atoms with van der Waals surface area (Å²) in [4.78, 5) is 29.5. The van der Waals surface area contributed by atoms with Crippen molar-refractivity contribution in [3.8, 4) is 11.1 Å². The van der Waals surface area contributed by atoms with Gasteiger partial charge in [0.15, 0.2) is 0 Å². The number of nitrogen functional groups attached to an aromatic ring is 1. The molecule has 0 saturated heterocycles. The summed E-state index contributed by atoms with van der Waals surface area (Å²) in [7, 11) is 1.58. The van der Waals surface area contributed by atoms with Crippen LogP contribution >= 0.6 is 0 Å². The van der Waals surface area contributed by atoms with Gasteiger partial charge in [-0.3, -0.25) is 19.3 Å². The minimum Gasteiger partial charge on any atom is -0.384 e. The number of H-pyrrole nitrogens is 1. The molecule has 0 aliphatic heterocycles. The number of amides is 1. The largest absolute Gasteiger partial charge is 0.384 e. The number of carbonyl (C=O) groups excluding carboxylic acids is 1. The number of carbonyl (C=O) groups is 1. The molecule has 2 heterocycles. The normalized spacial score (nSPS) is 12.1. The van der Waals surface area contributed by atoms with E-state index in [-0.39, 0.29) is 17.5 Å². The topological polar surface area (TPSA) is 119 Å². The van der Waals surface area contributed by atoms with Crippen molar-refractivity contribution in [2.75, 3.05) is 12.8 Å². The zero-order valence-electron chi connectivity index (χ0n) is 16.0. The number of nitrogens with zero attached hydrogens (tertiary/aromatic N) is 3. The lowest BCUT2D eigenvalue weighted by molar-refractivity contribution is 0.0963. The fraction of sp³-hybridized carbons (Fsp3) is 0.143. The zero-order chi connectivity index (χ0) is 20.5. The third-order valence-electron chi connectivity index (χ3n) is 5.04. The van der Waals surface area contributed by atoms with E-state index in [0.29, 0.717) is 22.3 Å². The minimum absolute atomic E-state index is 0.153. The van der Waals surface area contributed by atoms with Crippen molar-refractivity contribution in [3.05, 3.63) is 76.5 Å². The number of hydrogen-bond donors (Lipinski definition) is 3. The number of aromatic nitrogens is 4. The molecule has 1 atom stereocenters. The summed E-state index contributed by atoms with van der Waals surface area (Å²) >= 11 is 0. The molecule has 2 aromatic carbocycles. The first-order valence-electron chi connectivity index (χ1n) is 9.11. The Kier molecular flexibility index (Phi) is 4.59. The predicted octanol–water partition coefficient (Wildman–Crippen LogP) is 2.34. The summed E-state index contributed by atoms with van der Waals surface area (Å²) in [5, 5.41) is 9.74. The highest BCUT2D eigenvalue weighted by molar-refractivity contribution is 5.94. The molecule has 0 radical (unpaired) electrons. The van der Waals surface area contributed by atoms with Gasteiger partial charge in [0.2, 0.25) is 0 Å². The lowest BCUT2D eigenvalue weighted by Crippen LogP contribution is -2.25. The molecule has 2 aromatic heterocycles. The minimum atomic E-state index is -0.284. The van der Waals surface area contributed by atoms with Gasteiger partial charge in [-0.25, -0.2) is 4.98 Å². The number of rotatable bonds is 4. The van der Waals surface area contributed by atoms with Crippen molar-refractivity contribution in [1.29, 1.82) is 0 Å². The van der Waals surface area contributed by atoms with Crippen molar-refractivity contribution < 1.29 is 4.79 Å². The van der Waals surface area contributed by atoms with Crippen molar-refractivity contribution in [1.82, 2.24) is 25.1 Å². The van der Waals surface area contributed by atoms with Gasteiger partial charge < -0.3 is 11.1 Å². The predicted molar refractivity (Wildman–Crippen MR) is 112 cm³/mol. The van der Waals surface area contributed by atoms with Crippen LogP contribution in [0.3, 0.4) is 0 Å². The fourth-order valence-corrected chi connectivity index (χ4v) is 3.35. The number of anilines is 1. The third kappa shape index (κ3) is 3.25. The van der Waals surface area contributed by atoms with Crippen molar-refractivity contribution >= 4 is 22.6 Å². The van der Waals surface area contributed by atoms with E-state index in [1.165, 1.54) is 6.33 Å². The number of aromatic amines is 1. The number of fused-ring (bicyclic) bond motifs is 1. The van der Waals surface area contributed by atoms with E-state index in [4.69, 9.17) is 5.73 Å². The molecular weight excluding hydrogens is 368 g/mol. The van der Waals surface area contributed by atoms with Crippen LogP contribution in [0.5, 0.6) is 0 Å². The van der Waals surface area contributed by atoms with Gasteiger partial charge in [-0.1, -0.05) is 18.2 Å². The van der Waals surface area contributed by atoms with E-state index in [0.717, 1.165) is 16.7 Å².